The van der Waals surface area contributed by atoms with E-state index >= 15 is 0 Å². The lowest BCUT2D eigenvalue weighted by atomic mass is 10.1. The summed E-state index contributed by atoms with van der Waals surface area (Å²) in [4.78, 5) is 11.9. The predicted octanol–water partition coefficient (Wildman–Crippen LogP) is 7.50. The average molecular weight is 438 g/mol. The molecule has 0 spiro atoms. The van der Waals surface area contributed by atoms with Crippen LogP contribution in [0.2, 0.25) is 0 Å². The number of carbonyl (C=O) groups is 1. The molecule has 1 amide bonds. The number of ether oxygens (including phenoxy) is 1. The van der Waals surface area contributed by atoms with E-state index < -0.39 is 0 Å². The Morgan fingerprint density at radius 2 is 1.50 bits per heavy atom. The first-order valence-electron chi connectivity index (χ1n) is 12.3. The highest BCUT2D eigenvalue weighted by atomic mass is 16.5. The Labute approximate surface area is 196 Å². The van der Waals surface area contributed by atoms with Crippen LogP contribution in [0.5, 0.6) is 5.75 Å². The topological polar surface area (TPSA) is 38.3 Å². The van der Waals surface area contributed by atoms with E-state index in [9.17, 15) is 4.79 Å². The van der Waals surface area contributed by atoms with Gasteiger partial charge < -0.3 is 10.1 Å². The SMILES string of the molecule is CCCCC/C=C\C/C=C\C/C=C\C/C=C\CCCC(=O)NCCc1cccc(OC)c1. The summed E-state index contributed by atoms with van der Waals surface area (Å²) >= 11 is 0. The molecule has 0 aromatic heterocycles. The van der Waals surface area contributed by atoms with Crippen LogP contribution >= 0.6 is 0 Å². The van der Waals surface area contributed by atoms with Gasteiger partial charge in [0.15, 0.2) is 0 Å². The Hall–Kier alpha value is -2.55. The third kappa shape index (κ3) is 16.2. The fourth-order valence-electron chi connectivity index (χ4n) is 3.20. The fourth-order valence-corrected chi connectivity index (χ4v) is 3.20. The van der Waals surface area contributed by atoms with Gasteiger partial charge in [0.1, 0.15) is 5.75 Å². The number of benzene rings is 1. The fraction of sp³-hybridized carbons (Fsp3) is 0.483. The first kappa shape index (κ1) is 27.5. The predicted molar refractivity (Wildman–Crippen MR) is 138 cm³/mol. The lowest BCUT2D eigenvalue weighted by Gasteiger charge is -2.06. The zero-order valence-electron chi connectivity index (χ0n) is 20.2. The van der Waals surface area contributed by atoms with Gasteiger partial charge in [-0.25, -0.2) is 0 Å². The Kier molecular flexibility index (Phi) is 17.5. The zero-order valence-corrected chi connectivity index (χ0v) is 20.2. The van der Waals surface area contributed by atoms with Gasteiger partial charge in [-0.1, -0.05) is 80.5 Å². The average Bonchev–Trinajstić information content (AvgIpc) is 2.81. The van der Waals surface area contributed by atoms with Gasteiger partial charge >= 0.3 is 0 Å². The summed E-state index contributed by atoms with van der Waals surface area (Å²) in [6.07, 6.45) is 29.2. The molecule has 176 valence electrons. The summed E-state index contributed by atoms with van der Waals surface area (Å²) < 4.78 is 5.22. The molecule has 0 aliphatic carbocycles. The van der Waals surface area contributed by atoms with Crippen molar-refractivity contribution in [3.63, 3.8) is 0 Å². The molecule has 3 nitrogen and oxygen atoms in total. The second-order valence-electron chi connectivity index (χ2n) is 7.93. The highest BCUT2D eigenvalue weighted by molar-refractivity contribution is 5.75. The van der Waals surface area contributed by atoms with Gasteiger partial charge in [0.2, 0.25) is 5.91 Å². The number of carbonyl (C=O) groups excluding carboxylic acids is 1. The van der Waals surface area contributed by atoms with Crippen LogP contribution in [0, 0.1) is 0 Å². The Balaban J connectivity index is 1.97. The number of hydrogen-bond acceptors (Lipinski definition) is 2. The Morgan fingerprint density at radius 1 is 0.875 bits per heavy atom. The second kappa shape index (κ2) is 20.4. The lowest BCUT2D eigenvalue weighted by molar-refractivity contribution is -0.121. The van der Waals surface area contributed by atoms with Gasteiger partial charge in [0.05, 0.1) is 7.11 Å². The van der Waals surface area contributed by atoms with Crippen LogP contribution in [0.15, 0.2) is 72.9 Å². The van der Waals surface area contributed by atoms with E-state index in [4.69, 9.17) is 4.74 Å². The smallest absolute Gasteiger partial charge is 0.220 e. The molecular formula is C29H43NO2. The summed E-state index contributed by atoms with van der Waals surface area (Å²) in [7, 11) is 1.67. The largest absolute Gasteiger partial charge is 0.497 e. The maximum atomic E-state index is 11.9. The molecule has 1 rings (SSSR count). The number of nitrogens with one attached hydrogen (secondary N) is 1. The van der Waals surface area contributed by atoms with Crippen LogP contribution in [-0.2, 0) is 11.2 Å². The molecule has 3 heteroatoms. The van der Waals surface area contributed by atoms with Crippen molar-refractivity contribution in [3.8, 4) is 5.75 Å². The summed E-state index contributed by atoms with van der Waals surface area (Å²) in [6.45, 7) is 2.90. The first-order valence-corrected chi connectivity index (χ1v) is 12.3. The van der Waals surface area contributed by atoms with Gasteiger partial charge in [0, 0.05) is 13.0 Å². The minimum absolute atomic E-state index is 0.129. The van der Waals surface area contributed by atoms with Crippen molar-refractivity contribution in [2.45, 2.75) is 77.6 Å². The third-order valence-corrected chi connectivity index (χ3v) is 5.10. The van der Waals surface area contributed by atoms with Crippen molar-refractivity contribution in [1.82, 2.24) is 5.32 Å². The molecule has 0 radical (unpaired) electrons. The molecule has 0 aliphatic rings. The van der Waals surface area contributed by atoms with Crippen LogP contribution in [0.25, 0.3) is 0 Å². The molecular weight excluding hydrogens is 394 g/mol. The van der Waals surface area contributed by atoms with Crippen LogP contribution in [0.1, 0.15) is 76.7 Å². The van der Waals surface area contributed by atoms with Crippen molar-refractivity contribution >= 4 is 5.91 Å². The van der Waals surface area contributed by atoms with Crippen LogP contribution < -0.4 is 10.1 Å². The van der Waals surface area contributed by atoms with Crippen LogP contribution in [0.3, 0.4) is 0 Å². The standard InChI is InChI=1S/C29H43NO2/c1-3-4-5-6-7-8-9-10-11-12-13-14-15-16-17-18-19-23-29(31)30-25-24-27-21-20-22-28(26-27)32-2/h7-8,10-11,13-14,16-17,20-22,26H,3-6,9,12,15,18-19,23-25H2,1-2H3,(H,30,31)/b8-7-,11-10-,14-13-,17-16-. The lowest BCUT2D eigenvalue weighted by Crippen LogP contribution is -2.25. The highest BCUT2D eigenvalue weighted by Crippen LogP contribution is 2.12. The van der Waals surface area contributed by atoms with Crippen molar-refractivity contribution in [2.24, 2.45) is 0 Å². The number of rotatable bonds is 18. The van der Waals surface area contributed by atoms with E-state index in [1.807, 2.05) is 18.2 Å². The van der Waals surface area contributed by atoms with Gasteiger partial charge in [-0.3, -0.25) is 4.79 Å². The maximum absolute atomic E-state index is 11.9. The molecule has 0 unspecified atom stereocenters. The van der Waals surface area contributed by atoms with E-state index in [0.29, 0.717) is 13.0 Å². The van der Waals surface area contributed by atoms with E-state index in [-0.39, 0.29) is 5.91 Å². The van der Waals surface area contributed by atoms with Crippen LogP contribution in [0.4, 0.5) is 0 Å². The Morgan fingerprint density at radius 3 is 2.12 bits per heavy atom. The van der Waals surface area contributed by atoms with Gasteiger partial charge in [0.25, 0.3) is 0 Å². The molecule has 1 N–H and O–H groups in total. The normalized spacial score (nSPS) is 11.9. The molecule has 1 aromatic rings. The second-order valence-corrected chi connectivity index (χ2v) is 7.93. The number of unbranched alkanes of at least 4 members (excludes halogenated alkanes) is 4. The number of allylic oxidation sites excluding steroid dienone is 8. The molecule has 0 fully saturated rings. The minimum atomic E-state index is 0.129. The van der Waals surface area contributed by atoms with Gasteiger partial charge in [-0.2, -0.15) is 0 Å². The monoisotopic (exact) mass is 437 g/mol. The molecule has 0 bridgehead atoms. The molecule has 0 atom stereocenters. The number of hydrogen-bond donors (Lipinski definition) is 1. The molecule has 0 saturated heterocycles. The van der Waals surface area contributed by atoms with Crippen molar-refractivity contribution < 1.29 is 9.53 Å². The Bertz CT molecular complexity index is 716. The summed E-state index contributed by atoms with van der Waals surface area (Å²) in [5.74, 6) is 0.983. The maximum Gasteiger partial charge on any atom is 0.220 e. The van der Waals surface area contributed by atoms with Crippen molar-refractivity contribution in [2.75, 3.05) is 13.7 Å². The summed E-state index contributed by atoms with van der Waals surface area (Å²) in [5.41, 5.74) is 1.17. The highest BCUT2D eigenvalue weighted by Gasteiger charge is 2.01. The summed E-state index contributed by atoms with van der Waals surface area (Å²) in [6, 6.07) is 7.97. The molecule has 0 saturated carbocycles. The third-order valence-electron chi connectivity index (χ3n) is 5.10. The number of methoxy groups -OCH3 is 1. The summed E-state index contributed by atoms with van der Waals surface area (Å²) in [5, 5.41) is 3.00. The zero-order chi connectivity index (χ0) is 23.1. The van der Waals surface area contributed by atoms with Crippen molar-refractivity contribution in [3.05, 3.63) is 78.4 Å². The molecule has 0 aliphatic heterocycles. The van der Waals surface area contributed by atoms with E-state index in [1.165, 1.54) is 31.2 Å². The van der Waals surface area contributed by atoms with E-state index in [2.05, 4.69) is 66.9 Å². The quantitative estimate of drug-likeness (QED) is 0.191. The molecule has 32 heavy (non-hydrogen) atoms. The van der Waals surface area contributed by atoms with E-state index in [1.54, 1.807) is 7.11 Å². The van der Waals surface area contributed by atoms with Gasteiger partial charge in [-0.05, 0) is 69.1 Å². The molecule has 0 heterocycles. The molecule has 1 aromatic carbocycles. The van der Waals surface area contributed by atoms with Crippen molar-refractivity contribution in [1.29, 1.82) is 0 Å². The minimum Gasteiger partial charge on any atom is -0.497 e. The van der Waals surface area contributed by atoms with Crippen LogP contribution in [-0.4, -0.2) is 19.6 Å². The number of amides is 1. The van der Waals surface area contributed by atoms with Gasteiger partial charge in [-0.15, -0.1) is 0 Å². The first-order chi connectivity index (χ1) is 15.8. The van der Waals surface area contributed by atoms with E-state index in [0.717, 1.165) is 44.3 Å².